The summed E-state index contributed by atoms with van der Waals surface area (Å²) >= 11 is 4.07. The lowest BCUT2D eigenvalue weighted by Gasteiger charge is -2.09. The van der Waals surface area contributed by atoms with Crippen molar-refractivity contribution in [3.8, 4) is 5.75 Å². The van der Waals surface area contributed by atoms with Gasteiger partial charge in [0, 0.05) is 10.5 Å². The zero-order chi connectivity index (χ0) is 13.0. The third-order valence-electron chi connectivity index (χ3n) is 1.80. The van der Waals surface area contributed by atoms with Crippen molar-refractivity contribution >= 4 is 57.1 Å². The van der Waals surface area contributed by atoms with E-state index in [0.717, 1.165) is 7.14 Å². The highest BCUT2D eigenvalue weighted by atomic mass is 127. The molecule has 0 radical (unpaired) electrons. The SMILES string of the molecule is CCOC(=O)c1ccc(OC(C)=O)c(I)c1I. The Bertz CT molecular complexity index is 457. The van der Waals surface area contributed by atoms with E-state index in [4.69, 9.17) is 9.47 Å². The molecule has 0 unspecified atom stereocenters. The first-order chi connectivity index (χ1) is 7.97. The van der Waals surface area contributed by atoms with Crippen LogP contribution < -0.4 is 4.74 Å². The van der Waals surface area contributed by atoms with Gasteiger partial charge < -0.3 is 9.47 Å². The third-order valence-corrected chi connectivity index (χ3v) is 5.02. The smallest absolute Gasteiger partial charge is 0.339 e. The number of esters is 2. The van der Waals surface area contributed by atoms with Crippen molar-refractivity contribution in [1.82, 2.24) is 0 Å². The van der Waals surface area contributed by atoms with Crippen molar-refractivity contribution in [2.24, 2.45) is 0 Å². The maximum Gasteiger partial charge on any atom is 0.339 e. The van der Waals surface area contributed by atoms with E-state index in [-0.39, 0.29) is 11.9 Å². The molecule has 4 nitrogen and oxygen atoms in total. The van der Waals surface area contributed by atoms with Gasteiger partial charge in [-0.1, -0.05) is 0 Å². The summed E-state index contributed by atoms with van der Waals surface area (Å²) in [6.07, 6.45) is 0. The molecule has 0 aliphatic heterocycles. The van der Waals surface area contributed by atoms with Gasteiger partial charge in [0.05, 0.1) is 15.7 Å². The zero-order valence-corrected chi connectivity index (χ0v) is 13.6. The number of carbonyl (C=O) groups excluding carboxylic acids is 2. The van der Waals surface area contributed by atoms with Crippen LogP contribution in [-0.2, 0) is 9.53 Å². The average Bonchev–Trinajstić information content (AvgIpc) is 2.24. The molecule has 0 saturated carbocycles. The lowest BCUT2D eigenvalue weighted by atomic mass is 10.2. The molecule has 0 aliphatic carbocycles. The number of hydrogen-bond donors (Lipinski definition) is 0. The Kier molecular flexibility index (Phi) is 5.63. The Morgan fingerprint density at radius 1 is 1.24 bits per heavy atom. The van der Waals surface area contributed by atoms with Gasteiger partial charge in [-0.25, -0.2) is 4.79 Å². The monoisotopic (exact) mass is 460 g/mol. The fourth-order valence-electron chi connectivity index (χ4n) is 1.13. The molecule has 1 aromatic rings. The van der Waals surface area contributed by atoms with Crippen molar-refractivity contribution in [2.75, 3.05) is 6.61 Å². The topological polar surface area (TPSA) is 52.6 Å². The maximum absolute atomic E-state index is 11.6. The molecular formula is C11H10I2O4. The van der Waals surface area contributed by atoms with E-state index >= 15 is 0 Å². The minimum Gasteiger partial charge on any atom is -0.462 e. The molecule has 1 rings (SSSR count). The predicted octanol–water partition coefficient (Wildman–Crippen LogP) is 3.00. The molecule has 17 heavy (non-hydrogen) atoms. The van der Waals surface area contributed by atoms with Gasteiger partial charge in [0.15, 0.2) is 0 Å². The van der Waals surface area contributed by atoms with E-state index in [9.17, 15) is 9.59 Å². The summed E-state index contributed by atoms with van der Waals surface area (Å²) in [5, 5.41) is 0. The van der Waals surface area contributed by atoms with Crippen LogP contribution in [0.25, 0.3) is 0 Å². The van der Waals surface area contributed by atoms with Crippen molar-refractivity contribution in [3.05, 3.63) is 24.8 Å². The summed E-state index contributed by atoms with van der Waals surface area (Å²) in [7, 11) is 0. The van der Waals surface area contributed by atoms with Crippen LogP contribution in [0.15, 0.2) is 12.1 Å². The summed E-state index contributed by atoms with van der Waals surface area (Å²) in [5.41, 5.74) is 0.479. The zero-order valence-electron chi connectivity index (χ0n) is 9.25. The summed E-state index contributed by atoms with van der Waals surface area (Å²) in [5.74, 6) is -0.303. The lowest BCUT2D eigenvalue weighted by molar-refractivity contribution is -0.131. The van der Waals surface area contributed by atoms with E-state index in [0.29, 0.717) is 17.9 Å². The summed E-state index contributed by atoms with van der Waals surface area (Å²) in [6, 6.07) is 3.19. The van der Waals surface area contributed by atoms with Gasteiger partial charge in [-0.3, -0.25) is 4.79 Å². The highest BCUT2D eigenvalue weighted by molar-refractivity contribution is 14.1. The first-order valence-corrected chi connectivity index (χ1v) is 6.96. The van der Waals surface area contributed by atoms with Crippen LogP contribution in [0.5, 0.6) is 5.75 Å². The van der Waals surface area contributed by atoms with Gasteiger partial charge >= 0.3 is 11.9 Å². The molecule has 6 heteroatoms. The molecule has 1 aromatic carbocycles. The number of ether oxygens (including phenoxy) is 2. The minimum absolute atomic E-state index is 0.331. The molecule has 92 valence electrons. The van der Waals surface area contributed by atoms with Crippen LogP contribution in [0, 0.1) is 7.14 Å². The van der Waals surface area contributed by atoms with Crippen molar-refractivity contribution in [1.29, 1.82) is 0 Å². The van der Waals surface area contributed by atoms with Gasteiger partial charge in [-0.05, 0) is 64.2 Å². The Morgan fingerprint density at radius 2 is 1.88 bits per heavy atom. The lowest BCUT2D eigenvalue weighted by Crippen LogP contribution is -2.10. The molecule has 0 heterocycles. The van der Waals surface area contributed by atoms with Crippen molar-refractivity contribution in [2.45, 2.75) is 13.8 Å². The highest BCUT2D eigenvalue weighted by Crippen LogP contribution is 2.29. The van der Waals surface area contributed by atoms with Crippen LogP contribution >= 0.6 is 45.2 Å². The first kappa shape index (κ1) is 14.7. The van der Waals surface area contributed by atoms with Gasteiger partial charge in [0.1, 0.15) is 5.75 Å². The van der Waals surface area contributed by atoms with E-state index in [2.05, 4.69) is 0 Å². The molecule has 0 aromatic heterocycles. The van der Waals surface area contributed by atoms with Crippen LogP contribution in [0.4, 0.5) is 0 Å². The Labute approximate surface area is 126 Å². The molecule has 0 spiro atoms. The van der Waals surface area contributed by atoms with Crippen molar-refractivity contribution in [3.63, 3.8) is 0 Å². The summed E-state index contributed by atoms with van der Waals surface area (Å²) in [6.45, 7) is 3.42. The second-order valence-electron chi connectivity index (χ2n) is 3.05. The van der Waals surface area contributed by atoms with Gasteiger partial charge in [0.25, 0.3) is 0 Å². The van der Waals surface area contributed by atoms with Gasteiger partial charge in [0.2, 0.25) is 0 Å². The number of benzene rings is 1. The number of hydrogen-bond acceptors (Lipinski definition) is 4. The fraction of sp³-hybridized carbons (Fsp3) is 0.273. The summed E-state index contributed by atoms with van der Waals surface area (Å²) in [4.78, 5) is 22.5. The molecule has 0 bridgehead atoms. The molecular weight excluding hydrogens is 450 g/mol. The number of rotatable bonds is 3. The highest BCUT2D eigenvalue weighted by Gasteiger charge is 2.17. The van der Waals surface area contributed by atoms with Crippen LogP contribution in [0.1, 0.15) is 24.2 Å². The van der Waals surface area contributed by atoms with Crippen LogP contribution in [0.3, 0.4) is 0 Å². The van der Waals surface area contributed by atoms with Crippen LogP contribution in [0.2, 0.25) is 0 Å². The van der Waals surface area contributed by atoms with Gasteiger partial charge in [-0.15, -0.1) is 0 Å². The standard InChI is InChI=1S/C11H10I2O4/c1-3-16-11(15)7-4-5-8(17-6(2)14)10(13)9(7)12/h4-5H,3H2,1-2H3. The summed E-state index contributed by atoms with van der Waals surface area (Å²) < 4.78 is 11.4. The molecule has 0 saturated heterocycles. The quantitative estimate of drug-likeness (QED) is 0.396. The third kappa shape index (κ3) is 3.80. The van der Waals surface area contributed by atoms with E-state index in [1.807, 2.05) is 45.2 Å². The minimum atomic E-state index is -0.386. The Balaban J connectivity index is 3.10. The largest absolute Gasteiger partial charge is 0.462 e. The fourth-order valence-corrected chi connectivity index (χ4v) is 2.38. The Morgan fingerprint density at radius 3 is 2.41 bits per heavy atom. The number of halogens is 2. The molecule has 0 fully saturated rings. The predicted molar refractivity (Wildman–Crippen MR) is 79.1 cm³/mol. The first-order valence-electron chi connectivity index (χ1n) is 4.81. The van der Waals surface area contributed by atoms with Crippen LogP contribution in [-0.4, -0.2) is 18.5 Å². The second-order valence-corrected chi connectivity index (χ2v) is 5.21. The molecule has 0 atom stereocenters. The molecule has 0 aliphatic rings. The second kappa shape index (κ2) is 6.53. The van der Waals surface area contributed by atoms with E-state index in [1.165, 1.54) is 6.92 Å². The van der Waals surface area contributed by atoms with E-state index < -0.39 is 0 Å². The average molecular weight is 460 g/mol. The van der Waals surface area contributed by atoms with E-state index in [1.54, 1.807) is 19.1 Å². The Hall–Kier alpha value is -0.380. The molecule has 0 amide bonds. The normalized spacial score (nSPS) is 9.88. The number of carbonyl (C=O) groups is 2. The van der Waals surface area contributed by atoms with Gasteiger partial charge in [-0.2, -0.15) is 0 Å². The van der Waals surface area contributed by atoms with Crippen molar-refractivity contribution < 1.29 is 19.1 Å². The maximum atomic E-state index is 11.6. The molecule has 0 N–H and O–H groups in total.